The average molecular weight is 472 g/mol. The molecule has 12 nitrogen and oxygen atoms in total. The van der Waals surface area contributed by atoms with Gasteiger partial charge in [0.1, 0.15) is 0 Å². The van der Waals surface area contributed by atoms with Crippen molar-refractivity contribution in [1.29, 1.82) is 0 Å². The first-order valence-corrected chi connectivity index (χ1v) is 6.00. The van der Waals surface area contributed by atoms with Gasteiger partial charge >= 0.3 is 21.1 Å². The van der Waals surface area contributed by atoms with E-state index in [4.69, 9.17) is 52.6 Å². The summed E-state index contributed by atoms with van der Waals surface area (Å²) < 4.78 is 102. The standard InChI is InChI=1S/3H2O4S.W/c3*1-5(2,3)4;/h3*(H2,1,2,3,4);/q;;;+6/p-6. The van der Waals surface area contributed by atoms with E-state index < -0.39 is 31.2 Å². The van der Waals surface area contributed by atoms with Gasteiger partial charge in [-0.05, 0) is 0 Å². The predicted octanol–water partition coefficient (Wildman–Crippen LogP) is -4.02. The smallest absolute Gasteiger partial charge is 0.759 e. The van der Waals surface area contributed by atoms with Gasteiger partial charge in [0.25, 0.3) is 0 Å². The molecule has 0 radical (unpaired) electrons. The van der Waals surface area contributed by atoms with Crippen molar-refractivity contribution in [1.82, 2.24) is 0 Å². The van der Waals surface area contributed by atoms with Crippen molar-refractivity contribution in [3.05, 3.63) is 0 Å². The third kappa shape index (κ3) is 28400. The van der Waals surface area contributed by atoms with Crippen LogP contribution in [0.4, 0.5) is 0 Å². The molecule has 0 rings (SSSR count). The minimum Gasteiger partial charge on any atom is -0.759 e. The molecule has 0 N–H and O–H groups in total. The summed E-state index contributed by atoms with van der Waals surface area (Å²) in [5.74, 6) is 0. The van der Waals surface area contributed by atoms with Gasteiger partial charge in [-0.15, -0.1) is 0 Å². The molecule has 16 heavy (non-hydrogen) atoms. The SMILES string of the molecule is O=S(=O)([O-])[O-].O=S(=O)([O-])[O-].O=S(=O)([O-])[O-].[W+6]. The molecule has 0 bridgehead atoms. The molecule has 0 amide bonds. The molecule has 0 fully saturated rings. The molecule has 0 aromatic heterocycles. The van der Waals surface area contributed by atoms with Crippen LogP contribution < -0.4 is 0 Å². The van der Waals surface area contributed by atoms with E-state index in [0.29, 0.717) is 0 Å². The first-order chi connectivity index (χ1) is 6.00. The molecule has 0 unspecified atom stereocenters. The molecule has 0 saturated carbocycles. The van der Waals surface area contributed by atoms with Gasteiger partial charge < -0.3 is 27.3 Å². The van der Waals surface area contributed by atoms with Gasteiger partial charge in [0.05, 0.1) is 0 Å². The molecular weight excluding hydrogens is 472 g/mol. The quantitative estimate of drug-likeness (QED) is 0.242. The Labute approximate surface area is 105 Å². The van der Waals surface area contributed by atoms with E-state index in [1.54, 1.807) is 0 Å². The molecule has 0 aromatic rings. The third-order valence-corrected chi connectivity index (χ3v) is 0. The van der Waals surface area contributed by atoms with Gasteiger partial charge in [-0.3, -0.25) is 25.3 Å². The number of rotatable bonds is 0. The van der Waals surface area contributed by atoms with Crippen molar-refractivity contribution in [2.45, 2.75) is 0 Å². The van der Waals surface area contributed by atoms with Gasteiger partial charge in [-0.2, -0.15) is 0 Å². The minimum atomic E-state index is -5.17. The second kappa shape index (κ2) is 9.34. The molecular formula is O12S3W. The summed E-state index contributed by atoms with van der Waals surface area (Å²) in [4.78, 5) is 0. The van der Waals surface area contributed by atoms with E-state index >= 15 is 0 Å². The second-order valence-corrected chi connectivity index (χ2v) is 3.67. The maximum atomic E-state index is 8.52. The Morgan fingerprint density at radius 3 is 0.438 bits per heavy atom. The zero-order valence-corrected chi connectivity index (χ0v) is 11.9. The van der Waals surface area contributed by atoms with E-state index in [-0.39, 0.29) is 21.1 Å². The van der Waals surface area contributed by atoms with Crippen LogP contribution in [0.5, 0.6) is 0 Å². The maximum Gasteiger partial charge on any atom is 6.00 e. The molecule has 0 aliphatic rings. The van der Waals surface area contributed by atoms with Crippen LogP contribution in [0.15, 0.2) is 0 Å². The summed E-state index contributed by atoms with van der Waals surface area (Å²) in [7, 11) is -15.5. The molecule has 96 valence electrons. The fourth-order valence-corrected chi connectivity index (χ4v) is 0. The van der Waals surface area contributed by atoms with E-state index in [0.717, 1.165) is 0 Å². The van der Waals surface area contributed by atoms with Crippen molar-refractivity contribution in [3.8, 4) is 0 Å². The molecule has 0 saturated heterocycles. The number of hydrogen-bond acceptors (Lipinski definition) is 12. The van der Waals surface area contributed by atoms with E-state index in [2.05, 4.69) is 0 Å². The summed E-state index contributed by atoms with van der Waals surface area (Å²) in [6, 6.07) is 0. The Bertz CT molecular complexity index is 337. The third-order valence-electron chi connectivity index (χ3n) is 0. The molecule has 0 aromatic carbocycles. The average Bonchev–Trinajstić information content (AvgIpc) is 1.41. The van der Waals surface area contributed by atoms with Gasteiger partial charge in [0.15, 0.2) is 0 Å². The number of hydrogen-bond donors (Lipinski definition) is 0. The largest absolute Gasteiger partial charge is 6.00 e. The Morgan fingerprint density at radius 1 is 0.438 bits per heavy atom. The van der Waals surface area contributed by atoms with Crippen LogP contribution in [-0.4, -0.2) is 52.6 Å². The Hall–Kier alpha value is 0.298. The van der Waals surface area contributed by atoms with Crippen LogP contribution in [-0.2, 0) is 52.3 Å². The fourth-order valence-electron chi connectivity index (χ4n) is 0. The van der Waals surface area contributed by atoms with Crippen LogP contribution in [0.1, 0.15) is 0 Å². The van der Waals surface area contributed by atoms with Crippen LogP contribution in [0.25, 0.3) is 0 Å². The first-order valence-electron chi connectivity index (χ1n) is 2.00. The van der Waals surface area contributed by atoms with Crippen molar-refractivity contribution < 1.29 is 73.6 Å². The van der Waals surface area contributed by atoms with Crippen molar-refractivity contribution in [3.63, 3.8) is 0 Å². The molecule has 0 aliphatic carbocycles. The van der Waals surface area contributed by atoms with Crippen molar-refractivity contribution >= 4 is 31.2 Å². The molecule has 0 heterocycles. The van der Waals surface area contributed by atoms with Crippen LogP contribution in [0.2, 0.25) is 0 Å². The van der Waals surface area contributed by atoms with E-state index in [1.165, 1.54) is 0 Å². The summed E-state index contributed by atoms with van der Waals surface area (Å²) in [5.41, 5.74) is 0. The molecule has 16 heteroatoms. The van der Waals surface area contributed by atoms with Gasteiger partial charge in [-0.1, -0.05) is 0 Å². The Balaban J connectivity index is -0.0000000655. The molecule has 0 aliphatic heterocycles. The zero-order chi connectivity index (χ0) is 13.5. The molecule has 0 atom stereocenters. The monoisotopic (exact) mass is 472 g/mol. The van der Waals surface area contributed by atoms with E-state index in [9.17, 15) is 0 Å². The van der Waals surface area contributed by atoms with Crippen LogP contribution in [0, 0.1) is 0 Å². The second-order valence-electron chi connectivity index (χ2n) is 1.22. The van der Waals surface area contributed by atoms with Gasteiger partial charge in [0.2, 0.25) is 0 Å². The normalized spacial score (nSPS) is 10.9. The van der Waals surface area contributed by atoms with Crippen LogP contribution >= 0.6 is 0 Å². The fraction of sp³-hybridized carbons (Fsp3) is 0. The Morgan fingerprint density at radius 2 is 0.438 bits per heavy atom. The predicted molar refractivity (Wildman–Crippen MR) is 31.4 cm³/mol. The van der Waals surface area contributed by atoms with Gasteiger partial charge in [0, 0.05) is 31.2 Å². The van der Waals surface area contributed by atoms with E-state index in [1.807, 2.05) is 0 Å². The summed E-state index contributed by atoms with van der Waals surface area (Å²) in [5, 5.41) is 0. The minimum absolute atomic E-state index is 0. The zero-order valence-electron chi connectivity index (χ0n) is 6.53. The molecule has 0 spiro atoms. The van der Waals surface area contributed by atoms with Gasteiger partial charge in [-0.25, -0.2) is 0 Å². The van der Waals surface area contributed by atoms with Crippen LogP contribution in [0.3, 0.4) is 0 Å². The maximum absolute atomic E-state index is 8.52. The first kappa shape index (κ1) is 25.2. The van der Waals surface area contributed by atoms with Crippen molar-refractivity contribution in [2.75, 3.05) is 0 Å². The Kier molecular flexibility index (Phi) is 14.7. The van der Waals surface area contributed by atoms with Crippen molar-refractivity contribution in [2.24, 2.45) is 0 Å². The summed E-state index contributed by atoms with van der Waals surface area (Å²) in [6.07, 6.45) is 0. The summed E-state index contributed by atoms with van der Waals surface area (Å²) in [6.45, 7) is 0. The summed E-state index contributed by atoms with van der Waals surface area (Å²) >= 11 is 0. The topological polar surface area (TPSA) is 241 Å².